The van der Waals surface area contributed by atoms with E-state index in [2.05, 4.69) is 5.32 Å². The molecule has 3 aromatic rings. The first-order valence-corrected chi connectivity index (χ1v) is 11.9. The second-order valence-corrected chi connectivity index (χ2v) is 9.35. The van der Waals surface area contributed by atoms with Gasteiger partial charge in [0.2, 0.25) is 5.91 Å². The third-order valence-corrected chi connectivity index (χ3v) is 7.09. The maximum Gasteiger partial charge on any atom is 0.264 e. The van der Waals surface area contributed by atoms with Crippen LogP contribution in [-0.2, 0) is 14.8 Å². The number of nitrogens with one attached hydrogen (secondary N) is 1. The van der Waals surface area contributed by atoms with Crippen molar-refractivity contribution in [2.24, 2.45) is 0 Å². The zero-order chi connectivity index (χ0) is 23.1. The van der Waals surface area contributed by atoms with Crippen LogP contribution in [0.3, 0.4) is 0 Å². The first-order valence-electron chi connectivity index (χ1n) is 10.1. The molecule has 0 radical (unpaired) electrons. The van der Waals surface area contributed by atoms with E-state index in [9.17, 15) is 13.2 Å². The first-order chi connectivity index (χ1) is 15.4. The Labute approximate surface area is 193 Å². The molecule has 3 aromatic carbocycles. The van der Waals surface area contributed by atoms with Crippen LogP contribution in [0, 0.1) is 0 Å². The van der Waals surface area contributed by atoms with Gasteiger partial charge in [0, 0.05) is 0 Å². The van der Waals surface area contributed by atoms with E-state index in [1.54, 1.807) is 49.6 Å². The summed E-state index contributed by atoms with van der Waals surface area (Å²) in [6.45, 7) is 1.54. The van der Waals surface area contributed by atoms with Crippen molar-refractivity contribution in [3.05, 3.63) is 89.4 Å². The summed E-state index contributed by atoms with van der Waals surface area (Å²) in [5.41, 5.74) is 1.14. The maximum absolute atomic E-state index is 13.4. The fraction of sp³-hybridized carbons (Fsp3) is 0.208. The smallest absolute Gasteiger partial charge is 0.264 e. The van der Waals surface area contributed by atoms with Gasteiger partial charge in [-0.2, -0.15) is 0 Å². The second kappa shape index (κ2) is 10.5. The van der Waals surface area contributed by atoms with Gasteiger partial charge < -0.3 is 10.1 Å². The van der Waals surface area contributed by atoms with Gasteiger partial charge in [-0.3, -0.25) is 9.10 Å². The van der Waals surface area contributed by atoms with Crippen LogP contribution in [0.5, 0.6) is 5.75 Å². The Morgan fingerprint density at radius 1 is 1.00 bits per heavy atom. The minimum absolute atomic E-state index is 0.0786. The molecule has 8 heteroatoms. The molecule has 0 aliphatic heterocycles. The number of carbonyl (C=O) groups excluding carboxylic acids is 1. The third-order valence-electron chi connectivity index (χ3n) is 5.00. The van der Waals surface area contributed by atoms with Crippen molar-refractivity contribution in [2.75, 3.05) is 18.0 Å². The van der Waals surface area contributed by atoms with Crippen molar-refractivity contribution in [3.8, 4) is 5.75 Å². The van der Waals surface area contributed by atoms with Gasteiger partial charge in [0.15, 0.2) is 0 Å². The molecule has 0 bridgehead atoms. The van der Waals surface area contributed by atoms with Crippen LogP contribution in [0.15, 0.2) is 83.8 Å². The molecule has 0 unspecified atom stereocenters. The monoisotopic (exact) mass is 472 g/mol. The van der Waals surface area contributed by atoms with Crippen LogP contribution in [0.2, 0.25) is 5.02 Å². The fourth-order valence-corrected chi connectivity index (χ4v) is 5.05. The Bertz CT molecular complexity index is 1150. The highest BCUT2D eigenvalue weighted by Gasteiger charge is 2.29. The molecule has 0 aliphatic carbocycles. The van der Waals surface area contributed by atoms with Crippen LogP contribution in [-0.4, -0.2) is 28.0 Å². The second-order valence-electron chi connectivity index (χ2n) is 7.08. The first kappa shape index (κ1) is 23.6. The van der Waals surface area contributed by atoms with Gasteiger partial charge in [0.1, 0.15) is 12.3 Å². The minimum atomic E-state index is -4.02. The lowest BCUT2D eigenvalue weighted by molar-refractivity contribution is -0.120. The summed E-state index contributed by atoms with van der Waals surface area (Å²) in [7, 11) is -2.43. The molecule has 6 nitrogen and oxygen atoms in total. The van der Waals surface area contributed by atoms with Gasteiger partial charge in [0.05, 0.1) is 28.8 Å². The summed E-state index contributed by atoms with van der Waals surface area (Å²) in [4.78, 5) is 13.1. The van der Waals surface area contributed by atoms with E-state index in [1.807, 2.05) is 31.2 Å². The van der Waals surface area contributed by atoms with Crippen molar-refractivity contribution in [1.82, 2.24) is 5.32 Å². The number of ether oxygens (including phenoxy) is 1. The number of sulfonamides is 1. The number of amides is 1. The van der Waals surface area contributed by atoms with E-state index >= 15 is 0 Å². The van der Waals surface area contributed by atoms with Gasteiger partial charge in [-0.25, -0.2) is 8.42 Å². The van der Waals surface area contributed by atoms with E-state index in [-0.39, 0.29) is 21.6 Å². The number of carbonyl (C=O) groups is 1. The predicted octanol–water partition coefficient (Wildman–Crippen LogP) is 4.81. The normalized spacial score (nSPS) is 12.1. The number of nitrogens with zero attached hydrogens (tertiary/aromatic N) is 1. The summed E-state index contributed by atoms with van der Waals surface area (Å²) in [6.07, 6.45) is 0.635. The third kappa shape index (κ3) is 5.41. The number of halogens is 1. The zero-order valence-corrected chi connectivity index (χ0v) is 19.4. The SMILES string of the molecule is CC[C@H](NC(=O)CN(c1ccccc1Cl)S(=O)(=O)c1ccccc1)c1ccc(OC)cc1. The van der Waals surface area contributed by atoms with E-state index < -0.39 is 22.5 Å². The summed E-state index contributed by atoms with van der Waals surface area (Å²) in [5.74, 6) is 0.279. The predicted molar refractivity (Wildman–Crippen MR) is 127 cm³/mol. The average molecular weight is 473 g/mol. The van der Waals surface area contributed by atoms with Gasteiger partial charge >= 0.3 is 0 Å². The molecular formula is C24H25ClN2O4S. The number of para-hydroxylation sites is 1. The standard InChI is InChI=1S/C24H25ClN2O4S/c1-3-22(18-13-15-19(31-2)16-14-18)26-24(28)17-27(23-12-8-7-11-21(23)25)32(29,30)20-9-5-4-6-10-20/h4-16,22H,3,17H2,1-2H3,(H,26,28)/t22-/m0/s1. The van der Waals surface area contributed by atoms with Crippen LogP contribution in [0.25, 0.3) is 0 Å². The molecular weight excluding hydrogens is 448 g/mol. The quantitative estimate of drug-likeness (QED) is 0.484. The maximum atomic E-state index is 13.4. The molecule has 1 amide bonds. The molecule has 0 heterocycles. The minimum Gasteiger partial charge on any atom is -0.497 e. The molecule has 0 saturated carbocycles. The van der Waals surface area contributed by atoms with Crippen LogP contribution < -0.4 is 14.4 Å². The molecule has 168 valence electrons. The lowest BCUT2D eigenvalue weighted by atomic mass is 10.0. The summed E-state index contributed by atoms with van der Waals surface area (Å²) >= 11 is 6.30. The highest BCUT2D eigenvalue weighted by molar-refractivity contribution is 7.92. The molecule has 1 atom stereocenters. The Morgan fingerprint density at radius 2 is 1.62 bits per heavy atom. The lowest BCUT2D eigenvalue weighted by Crippen LogP contribution is -2.42. The lowest BCUT2D eigenvalue weighted by Gasteiger charge is -2.26. The number of hydrogen-bond donors (Lipinski definition) is 1. The molecule has 0 saturated heterocycles. The number of benzene rings is 3. The number of methoxy groups -OCH3 is 1. The molecule has 0 spiro atoms. The largest absolute Gasteiger partial charge is 0.497 e. The number of rotatable bonds is 9. The van der Waals surface area contributed by atoms with Crippen LogP contribution in [0.1, 0.15) is 24.9 Å². The van der Waals surface area contributed by atoms with Gasteiger partial charge in [-0.15, -0.1) is 0 Å². The molecule has 0 aliphatic rings. The number of hydrogen-bond acceptors (Lipinski definition) is 4. The van der Waals surface area contributed by atoms with Crippen molar-refractivity contribution < 1.29 is 17.9 Å². The summed E-state index contributed by atoms with van der Waals surface area (Å²) < 4.78 is 33.0. The summed E-state index contributed by atoms with van der Waals surface area (Å²) in [5, 5.41) is 3.17. The highest BCUT2D eigenvalue weighted by Crippen LogP contribution is 2.30. The van der Waals surface area contributed by atoms with E-state index in [0.29, 0.717) is 12.2 Å². The van der Waals surface area contributed by atoms with E-state index in [4.69, 9.17) is 16.3 Å². The Morgan fingerprint density at radius 3 is 2.22 bits per heavy atom. The average Bonchev–Trinajstić information content (AvgIpc) is 2.82. The van der Waals surface area contributed by atoms with Gasteiger partial charge in [-0.1, -0.05) is 61.0 Å². The molecule has 3 rings (SSSR count). The van der Waals surface area contributed by atoms with Crippen LogP contribution >= 0.6 is 11.6 Å². The van der Waals surface area contributed by atoms with Crippen molar-refractivity contribution >= 4 is 33.2 Å². The summed E-state index contributed by atoms with van der Waals surface area (Å²) in [6, 6.07) is 21.6. The van der Waals surface area contributed by atoms with Crippen molar-refractivity contribution in [2.45, 2.75) is 24.3 Å². The van der Waals surface area contributed by atoms with Crippen molar-refractivity contribution in [3.63, 3.8) is 0 Å². The Hall–Kier alpha value is -3.03. The highest BCUT2D eigenvalue weighted by atomic mass is 35.5. The topological polar surface area (TPSA) is 75.7 Å². The van der Waals surface area contributed by atoms with Gasteiger partial charge in [-0.05, 0) is 48.4 Å². The van der Waals surface area contributed by atoms with Crippen LogP contribution in [0.4, 0.5) is 5.69 Å². The molecule has 32 heavy (non-hydrogen) atoms. The van der Waals surface area contributed by atoms with E-state index in [0.717, 1.165) is 9.87 Å². The zero-order valence-electron chi connectivity index (χ0n) is 17.9. The fourth-order valence-electron chi connectivity index (χ4n) is 3.30. The Kier molecular flexibility index (Phi) is 7.77. The van der Waals surface area contributed by atoms with Crippen molar-refractivity contribution in [1.29, 1.82) is 0 Å². The van der Waals surface area contributed by atoms with Gasteiger partial charge in [0.25, 0.3) is 10.0 Å². The number of anilines is 1. The van der Waals surface area contributed by atoms with E-state index in [1.165, 1.54) is 12.1 Å². The molecule has 0 fully saturated rings. The molecule has 0 aromatic heterocycles. The Balaban J connectivity index is 1.89. The molecule has 1 N–H and O–H groups in total.